The van der Waals surface area contributed by atoms with Gasteiger partial charge in [0.2, 0.25) is 13.4 Å². The van der Waals surface area contributed by atoms with Crippen molar-refractivity contribution in [2.75, 3.05) is 9.80 Å². The third kappa shape index (κ3) is 6.88. The van der Waals surface area contributed by atoms with E-state index >= 15 is 0 Å². The number of aromatic nitrogens is 2. The third-order valence-electron chi connectivity index (χ3n) is 19.0. The minimum Gasteiger partial charge on any atom is -0.454 e. The number of thiophene rings is 1. The highest BCUT2D eigenvalue weighted by Gasteiger charge is 2.44. The van der Waals surface area contributed by atoms with Gasteiger partial charge >= 0.3 is 0 Å². The van der Waals surface area contributed by atoms with Crippen LogP contribution in [0.1, 0.15) is 16.7 Å². The van der Waals surface area contributed by atoms with Gasteiger partial charge in [-0.2, -0.15) is 0 Å². The fourth-order valence-electron chi connectivity index (χ4n) is 15.6. The maximum Gasteiger partial charge on any atom is 0.249 e. The van der Waals surface area contributed by atoms with Crippen LogP contribution in [0.2, 0.25) is 0 Å². The molecule has 0 atom stereocenters. The number of rotatable bonds is 8. The molecule has 10 heteroatoms. The summed E-state index contributed by atoms with van der Waals surface area (Å²) in [6.07, 6.45) is 0.731. The smallest absolute Gasteiger partial charge is 0.249 e. The molecule has 0 fully saturated rings. The van der Waals surface area contributed by atoms with Crippen LogP contribution in [0.4, 0.5) is 34.1 Å². The van der Waals surface area contributed by atoms with Gasteiger partial charge < -0.3 is 23.4 Å². The van der Waals surface area contributed by atoms with Gasteiger partial charge in [0.05, 0.1) is 38.0 Å². The van der Waals surface area contributed by atoms with Crippen LogP contribution in [-0.4, -0.2) is 22.6 Å². The number of hydrogen-bond acceptors (Lipinski definition) is 6. The van der Waals surface area contributed by atoms with Crippen molar-refractivity contribution in [3.63, 3.8) is 0 Å². The van der Waals surface area contributed by atoms with Crippen molar-refractivity contribution in [1.82, 2.24) is 9.13 Å². The first kappa shape index (κ1) is 49.3. The minimum absolute atomic E-state index is 0.0209. The summed E-state index contributed by atoms with van der Waals surface area (Å²) in [5, 5.41) is 4.81. The Kier molecular flexibility index (Phi) is 10.4. The van der Waals surface area contributed by atoms with Crippen molar-refractivity contribution in [3.05, 3.63) is 278 Å². The number of fused-ring (bicyclic) bond motifs is 18. The lowest BCUT2D eigenvalue weighted by Crippen LogP contribution is -2.58. The summed E-state index contributed by atoms with van der Waals surface area (Å²) in [6, 6.07) is 97.3. The molecule has 0 amide bonds. The Balaban J connectivity index is 0.795. The highest BCUT2D eigenvalue weighted by Crippen LogP contribution is 2.52. The van der Waals surface area contributed by atoms with Crippen LogP contribution in [0.15, 0.2) is 285 Å². The number of aryl methyl sites for hydroxylation is 1. The summed E-state index contributed by atoms with van der Waals surface area (Å²) < 4.78 is 15.1. The van der Waals surface area contributed by atoms with Crippen molar-refractivity contribution in [1.29, 1.82) is 0 Å². The van der Waals surface area contributed by atoms with Crippen LogP contribution in [0.25, 0.3) is 75.6 Å². The van der Waals surface area contributed by atoms with Gasteiger partial charge in [-0.25, -0.2) is 0 Å². The van der Waals surface area contributed by atoms with E-state index in [1.807, 2.05) is 34.9 Å². The number of nitrogens with zero attached hydrogens (tertiary/aromatic N) is 4. The zero-order valence-electron chi connectivity index (χ0n) is 47.6. The first-order chi connectivity index (χ1) is 43.6. The maximum atomic E-state index is 7.20. The van der Waals surface area contributed by atoms with Crippen LogP contribution >= 0.6 is 34.9 Å². The van der Waals surface area contributed by atoms with E-state index in [9.17, 15) is 0 Å². The Bertz CT molecular complexity index is 5630. The molecular formula is C78H48B2N4OS3. The predicted molar refractivity (Wildman–Crippen MR) is 374 cm³/mol. The van der Waals surface area contributed by atoms with Gasteiger partial charge in [-0.3, -0.25) is 0 Å². The number of benzene rings is 12. The molecule has 0 saturated carbocycles. The number of hydrogen-bond donors (Lipinski definition) is 0. The summed E-state index contributed by atoms with van der Waals surface area (Å²) in [5.41, 5.74) is 27.8. The van der Waals surface area contributed by atoms with Crippen molar-refractivity contribution in [2.24, 2.45) is 0 Å². The van der Waals surface area contributed by atoms with E-state index in [0.717, 1.165) is 62.3 Å². The molecule has 12 aromatic carbocycles. The van der Waals surface area contributed by atoms with Crippen LogP contribution < -0.4 is 42.6 Å². The fourth-order valence-corrected chi connectivity index (χ4v) is 19.3. The highest BCUT2D eigenvalue weighted by molar-refractivity contribution is 8.00. The summed E-state index contributed by atoms with van der Waals surface area (Å²) in [6.45, 7) is 2.40. The van der Waals surface area contributed by atoms with Crippen molar-refractivity contribution in [2.45, 2.75) is 32.9 Å². The molecule has 0 saturated heterocycles. The molecule has 16 aromatic rings. The quantitative estimate of drug-likeness (QED) is 0.141. The second-order valence-corrected chi connectivity index (χ2v) is 27.1. The Morgan fingerprint density at radius 2 is 0.932 bits per heavy atom. The van der Waals surface area contributed by atoms with E-state index in [1.54, 1.807) is 0 Å². The van der Waals surface area contributed by atoms with E-state index in [-0.39, 0.29) is 13.4 Å². The zero-order chi connectivity index (χ0) is 57.5. The second kappa shape index (κ2) is 18.6. The highest BCUT2D eigenvalue weighted by atomic mass is 32.2. The molecule has 0 aliphatic carbocycles. The Labute approximate surface area is 520 Å². The van der Waals surface area contributed by atoms with Crippen molar-refractivity contribution < 1.29 is 4.42 Å². The topological polar surface area (TPSA) is 29.5 Å². The van der Waals surface area contributed by atoms with E-state index < -0.39 is 0 Å². The minimum atomic E-state index is 0.0209. The molecule has 20 rings (SSSR count). The lowest BCUT2D eigenvalue weighted by molar-refractivity contribution is 0.673. The van der Waals surface area contributed by atoms with Crippen LogP contribution in [0, 0.1) is 6.92 Å². The molecule has 0 bridgehead atoms. The van der Waals surface area contributed by atoms with Gasteiger partial charge in [-0.05, 0) is 167 Å². The molecule has 4 aliphatic rings. The van der Waals surface area contributed by atoms with E-state index in [2.05, 4.69) is 287 Å². The lowest BCUT2D eigenvalue weighted by Gasteiger charge is -2.34. The zero-order valence-corrected chi connectivity index (χ0v) is 50.1. The van der Waals surface area contributed by atoms with Gasteiger partial charge in [0.15, 0.2) is 5.58 Å². The number of furan rings is 1. The number of anilines is 6. The second-order valence-electron chi connectivity index (χ2n) is 23.9. The van der Waals surface area contributed by atoms with Gasteiger partial charge in [-0.1, -0.05) is 180 Å². The van der Waals surface area contributed by atoms with Crippen LogP contribution in [0.5, 0.6) is 0 Å². The van der Waals surface area contributed by atoms with Crippen molar-refractivity contribution >= 4 is 179 Å². The fraction of sp³-hybridized carbons (Fsp3) is 0.0256. The molecule has 4 aliphatic heterocycles. The van der Waals surface area contributed by atoms with Crippen LogP contribution in [-0.2, 0) is 6.42 Å². The molecule has 0 radical (unpaired) electrons. The normalized spacial score (nSPS) is 13.2. The van der Waals surface area contributed by atoms with Gasteiger partial charge in [0.1, 0.15) is 11.1 Å². The van der Waals surface area contributed by atoms with Gasteiger partial charge in [0.25, 0.3) is 0 Å². The SMILES string of the molecule is Cc1cc2c3c(c1)-n1c4c(ccc(N(c5ccccc5)c5cccc(Cc6cc7c8c(c6)-n6c9c(ccc(N(c%10ccccc%10)c%10ccccc%10)c9c9oc%10ccccc%10c96)B8c6ccccc6S7)c5)c4c4sc5ccccc5c41)B3c1ccccc1S2. The summed E-state index contributed by atoms with van der Waals surface area (Å²) >= 11 is 5.77. The van der Waals surface area contributed by atoms with Gasteiger partial charge in [-0.15, -0.1) is 11.3 Å². The van der Waals surface area contributed by atoms with E-state index in [0.29, 0.717) is 0 Å². The molecule has 88 heavy (non-hydrogen) atoms. The van der Waals surface area contributed by atoms with Crippen molar-refractivity contribution in [3.8, 4) is 11.4 Å². The Morgan fingerprint density at radius 3 is 1.61 bits per heavy atom. The molecule has 4 aromatic heterocycles. The maximum absolute atomic E-state index is 7.20. The number of para-hydroxylation sites is 4. The summed E-state index contributed by atoms with van der Waals surface area (Å²) in [5.74, 6) is 0. The van der Waals surface area contributed by atoms with E-state index in [4.69, 9.17) is 4.42 Å². The summed E-state index contributed by atoms with van der Waals surface area (Å²) in [7, 11) is 0. The van der Waals surface area contributed by atoms with Gasteiger partial charge in [0, 0.05) is 74.6 Å². The first-order valence-corrected chi connectivity index (χ1v) is 32.7. The Hall–Kier alpha value is -9.83. The van der Waals surface area contributed by atoms with Crippen LogP contribution in [0.3, 0.4) is 0 Å². The summed E-state index contributed by atoms with van der Waals surface area (Å²) in [4.78, 5) is 10.2. The molecule has 8 heterocycles. The molecule has 0 N–H and O–H groups in total. The molecule has 410 valence electrons. The average Bonchev–Trinajstić information content (AvgIpc) is 1.48. The van der Waals surface area contributed by atoms with E-state index in [1.165, 1.54) is 123 Å². The third-order valence-corrected chi connectivity index (χ3v) is 22.5. The molecular weight excluding hydrogens is 1130 g/mol. The lowest BCUT2D eigenvalue weighted by atomic mass is 9.35. The molecule has 5 nitrogen and oxygen atoms in total. The molecule has 0 spiro atoms. The molecule has 0 unspecified atom stereocenters. The average molecular weight is 1180 g/mol. The first-order valence-electron chi connectivity index (χ1n) is 30.2. The Morgan fingerprint density at radius 1 is 0.398 bits per heavy atom. The largest absolute Gasteiger partial charge is 0.454 e. The predicted octanol–water partition coefficient (Wildman–Crippen LogP) is 17.3. The monoisotopic (exact) mass is 1170 g/mol. The standard InChI is InChI=1S/C78H48B2N4OS3/c1-46-40-61-71-67(41-46)86-65-34-17-13-30-55(65)80(71)58-37-39-60(70-76(58)84(61)74-54-29-12-16-33-64(54)88-78(70)74)82(51-25-9-4-10-26-51)52-27-19-20-47(43-52)42-48-44-62-72-68(45-48)87-66-35-18-14-31-56(66)79(72)57-36-38-59(81(49-21-5-2-6-22-49)50-23-7-3-8-24-50)69-75(57)83(62)73-53-28-11-15-32-63(53)85-77(69)73/h2-41,43-45H,42H2,1H3.